The van der Waals surface area contributed by atoms with Crippen molar-refractivity contribution in [3.8, 4) is 5.75 Å². The van der Waals surface area contributed by atoms with Crippen molar-refractivity contribution < 1.29 is 14.3 Å². The summed E-state index contributed by atoms with van der Waals surface area (Å²) in [7, 11) is 0. The summed E-state index contributed by atoms with van der Waals surface area (Å²) in [5, 5.41) is 9.92. The van der Waals surface area contributed by atoms with Crippen LogP contribution in [-0.4, -0.2) is 27.2 Å². The second-order valence-corrected chi connectivity index (χ2v) is 7.84. The first-order chi connectivity index (χ1) is 10.9. The summed E-state index contributed by atoms with van der Waals surface area (Å²) in [6, 6.07) is 3.07. The van der Waals surface area contributed by atoms with Crippen LogP contribution in [0.25, 0.3) is 0 Å². The van der Waals surface area contributed by atoms with E-state index in [1.54, 1.807) is 11.0 Å². The molecule has 0 bridgehead atoms. The van der Waals surface area contributed by atoms with Crippen LogP contribution in [0.1, 0.15) is 55.5 Å². The normalized spacial score (nSPS) is 27.0. The molecule has 0 aromatic heterocycles. The Labute approximate surface area is 142 Å². The first kappa shape index (κ1) is 16.6. The Hall–Kier alpha value is -1.23. The van der Waals surface area contributed by atoms with Crippen LogP contribution in [-0.2, 0) is 6.54 Å². The van der Waals surface area contributed by atoms with Gasteiger partial charge in [0.25, 0.3) is 5.91 Å². The zero-order valence-corrected chi connectivity index (χ0v) is 14.5. The Morgan fingerprint density at radius 1 is 1.22 bits per heavy atom. The highest BCUT2D eigenvalue weighted by atomic mass is 32.1. The molecule has 1 heterocycles. The maximum absolute atomic E-state index is 14.1. The Morgan fingerprint density at radius 2 is 1.83 bits per heavy atom. The van der Waals surface area contributed by atoms with E-state index in [2.05, 4.69) is 26.5 Å². The van der Waals surface area contributed by atoms with Crippen molar-refractivity contribution in [2.75, 3.05) is 0 Å². The number of hydrogen-bond donors (Lipinski definition) is 2. The second-order valence-electron chi connectivity index (χ2n) is 7.02. The van der Waals surface area contributed by atoms with E-state index in [1.165, 1.54) is 6.07 Å². The maximum Gasteiger partial charge on any atom is 0.257 e. The van der Waals surface area contributed by atoms with E-state index in [9.17, 15) is 14.3 Å². The number of benzene rings is 1. The third-order valence-electron chi connectivity index (χ3n) is 5.70. The van der Waals surface area contributed by atoms with E-state index < -0.39 is 11.6 Å². The fourth-order valence-electron chi connectivity index (χ4n) is 4.06. The van der Waals surface area contributed by atoms with Crippen LogP contribution >= 0.6 is 12.6 Å². The van der Waals surface area contributed by atoms with Crippen molar-refractivity contribution in [2.45, 2.75) is 57.4 Å². The Balaban J connectivity index is 1.72. The zero-order valence-electron chi connectivity index (χ0n) is 13.6. The molecule has 2 aliphatic rings. The van der Waals surface area contributed by atoms with Crippen LogP contribution in [0.4, 0.5) is 4.39 Å². The Morgan fingerprint density at radius 3 is 2.43 bits per heavy atom. The molecule has 0 radical (unpaired) electrons. The molecule has 0 saturated heterocycles. The van der Waals surface area contributed by atoms with Gasteiger partial charge in [0.15, 0.2) is 11.6 Å². The first-order valence-electron chi connectivity index (χ1n) is 8.39. The van der Waals surface area contributed by atoms with Crippen LogP contribution in [0, 0.1) is 17.7 Å². The van der Waals surface area contributed by atoms with Gasteiger partial charge in [0.2, 0.25) is 0 Å². The van der Waals surface area contributed by atoms with Gasteiger partial charge in [-0.2, -0.15) is 12.6 Å². The van der Waals surface area contributed by atoms with Gasteiger partial charge in [-0.1, -0.05) is 13.0 Å². The number of rotatable bonds is 3. The molecule has 5 heteroatoms. The molecule has 126 valence electrons. The number of phenolic OH excluding ortho intramolecular Hbond substituents is 1. The van der Waals surface area contributed by atoms with Crippen LogP contribution in [0.15, 0.2) is 12.1 Å². The van der Waals surface area contributed by atoms with Crippen LogP contribution in [0.5, 0.6) is 5.75 Å². The van der Waals surface area contributed by atoms with Gasteiger partial charge in [-0.3, -0.25) is 4.79 Å². The van der Waals surface area contributed by atoms with Crippen molar-refractivity contribution in [3.05, 3.63) is 29.1 Å². The summed E-state index contributed by atoms with van der Waals surface area (Å²) in [6.07, 6.45) is 4.46. The second kappa shape index (κ2) is 6.34. The molecule has 1 aromatic carbocycles. The average molecular weight is 337 g/mol. The van der Waals surface area contributed by atoms with Crippen molar-refractivity contribution in [3.63, 3.8) is 0 Å². The number of carbonyl (C=O) groups is 1. The number of aromatic hydroxyl groups is 1. The number of fused-ring (bicyclic) bond motifs is 1. The maximum atomic E-state index is 14.1. The van der Waals surface area contributed by atoms with E-state index in [4.69, 9.17) is 0 Å². The van der Waals surface area contributed by atoms with Crippen LogP contribution in [0.2, 0.25) is 0 Å². The molecule has 1 aromatic rings. The number of nitrogens with zero attached hydrogens (tertiary/aromatic N) is 1. The van der Waals surface area contributed by atoms with Crippen molar-refractivity contribution in [1.82, 2.24) is 4.90 Å². The molecule has 1 amide bonds. The molecule has 0 spiro atoms. The number of thiol groups is 1. The van der Waals surface area contributed by atoms with E-state index in [0.29, 0.717) is 29.2 Å². The standard InChI is InChI=1S/C18H24FNO2S/c1-10(12-3-5-13(6-4-12)11(2)23)20-9-14-7-8-15(21)17(19)16(14)18(20)22/h7-8,10-13,21,23H,3-6,9H2,1-2H3. The van der Waals surface area contributed by atoms with Gasteiger partial charge in [0.1, 0.15) is 0 Å². The number of halogens is 1. The summed E-state index contributed by atoms with van der Waals surface area (Å²) in [5.74, 6) is -0.411. The lowest BCUT2D eigenvalue weighted by molar-refractivity contribution is 0.0602. The monoisotopic (exact) mass is 337 g/mol. The molecule has 2 atom stereocenters. The van der Waals surface area contributed by atoms with Gasteiger partial charge < -0.3 is 10.0 Å². The highest BCUT2D eigenvalue weighted by Gasteiger charge is 2.38. The SMILES string of the molecule is CC(S)C1CCC(C(C)N2Cc3ccc(O)c(F)c3C2=O)CC1. The highest BCUT2D eigenvalue weighted by Crippen LogP contribution is 2.38. The number of carbonyl (C=O) groups excluding carboxylic acids is 1. The van der Waals surface area contributed by atoms with Gasteiger partial charge in [0, 0.05) is 17.8 Å². The lowest BCUT2D eigenvalue weighted by Gasteiger charge is -2.37. The van der Waals surface area contributed by atoms with E-state index in [1.807, 2.05) is 0 Å². The number of phenols is 1. The smallest absolute Gasteiger partial charge is 0.257 e. The molecule has 1 aliphatic carbocycles. The van der Waals surface area contributed by atoms with Gasteiger partial charge in [-0.15, -0.1) is 0 Å². The molecular formula is C18H24FNO2S. The highest BCUT2D eigenvalue weighted by molar-refractivity contribution is 7.80. The lowest BCUT2D eigenvalue weighted by atomic mass is 9.77. The summed E-state index contributed by atoms with van der Waals surface area (Å²) in [4.78, 5) is 14.4. The predicted octanol–water partition coefficient (Wildman–Crippen LogP) is 4.00. The molecule has 3 rings (SSSR count). The minimum absolute atomic E-state index is 0.0505. The Bertz CT molecular complexity index is 611. The van der Waals surface area contributed by atoms with Crippen LogP contribution < -0.4 is 0 Å². The summed E-state index contributed by atoms with van der Waals surface area (Å²) >= 11 is 4.55. The fourth-order valence-corrected chi connectivity index (χ4v) is 4.36. The average Bonchev–Trinajstić information content (AvgIpc) is 2.88. The molecule has 2 unspecified atom stereocenters. The van der Waals surface area contributed by atoms with Crippen molar-refractivity contribution in [1.29, 1.82) is 0 Å². The summed E-state index contributed by atoms with van der Waals surface area (Å²) < 4.78 is 14.1. The van der Waals surface area contributed by atoms with Gasteiger partial charge in [-0.05, 0) is 56.1 Å². The minimum atomic E-state index is -0.783. The predicted molar refractivity (Wildman–Crippen MR) is 91.3 cm³/mol. The fraction of sp³-hybridized carbons (Fsp3) is 0.611. The van der Waals surface area contributed by atoms with Crippen LogP contribution in [0.3, 0.4) is 0 Å². The van der Waals surface area contributed by atoms with Gasteiger partial charge in [0.05, 0.1) is 5.56 Å². The van der Waals surface area contributed by atoms with E-state index in [0.717, 1.165) is 25.7 Å². The summed E-state index contributed by atoms with van der Waals surface area (Å²) in [6.45, 7) is 4.65. The molecule has 3 nitrogen and oxygen atoms in total. The lowest BCUT2D eigenvalue weighted by Crippen LogP contribution is -2.40. The molecular weight excluding hydrogens is 313 g/mol. The number of hydrogen-bond acceptors (Lipinski definition) is 3. The Kier molecular flexibility index (Phi) is 4.59. The minimum Gasteiger partial charge on any atom is -0.505 e. The largest absolute Gasteiger partial charge is 0.505 e. The van der Waals surface area contributed by atoms with Gasteiger partial charge in [-0.25, -0.2) is 4.39 Å². The molecule has 1 N–H and O–H groups in total. The first-order valence-corrected chi connectivity index (χ1v) is 8.91. The zero-order chi connectivity index (χ0) is 16.7. The summed E-state index contributed by atoms with van der Waals surface area (Å²) in [5.41, 5.74) is 0.726. The van der Waals surface area contributed by atoms with Crippen molar-refractivity contribution in [2.24, 2.45) is 11.8 Å². The quantitative estimate of drug-likeness (QED) is 0.819. The van der Waals surface area contributed by atoms with E-state index in [-0.39, 0.29) is 17.5 Å². The van der Waals surface area contributed by atoms with Gasteiger partial charge >= 0.3 is 0 Å². The molecule has 23 heavy (non-hydrogen) atoms. The topological polar surface area (TPSA) is 40.5 Å². The third kappa shape index (κ3) is 2.95. The third-order valence-corrected chi connectivity index (χ3v) is 6.12. The molecule has 1 fully saturated rings. The number of amides is 1. The molecule has 1 aliphatic heterocycles. The van der Waals surface area contributed by atoms with Crippen molar-refractivity contribution >= 4 is 18.5 Å². The molecule has 1 saturated carbocycles. The van der Waals surface area contributed by atoms with E-state index >= 15 is 0 Å².